The van der Waals surface area contributed by atoms with Gasteiger partial charge in [-0.1, -0.05) is 17.7 Å². The van der Waals surface area contributed by atoms with Crippen LogP contribution in [0.25, 0.3) is 10.2 Å². The highest BCUT2D eigenvalue weighted by molar-refractivity contribution is 7.20. The molecule has 6 heteroatoms. The van der Waals surface area contributed by atoms with Crippen LogP contribution in [0.1, 0.15) is 31.9 Å². The van der Waals surface area contributed by atoms with Gasteiger partial charge in [0.05, 0.1) is 16.6 Å². The SMILES string of the molecule is Cc1cc(C)c(NC(=O)c2sc3ncn(C)c(=O)c3c2C)c(C)c1. The minimum absolute atomic E-state index is 0.129. The quantitative estimate of drug-likeness (QED) is 0.776. The van der Waals surface area contributed by atoms with Gasteiger partial charge in [0, 0.05) is 12.7 Å². The van der Waals surface area contributed by atoms with E-state index in [4.69, 9.17) is 0 Å². The van der Waals surface area contributed by atoms with Crippen LogP contribution in [0.4, 0.5) is 5.69 Å². The number of anilines is 1. The van der Waals surface area contributed by atoms with E-state index >= 15 is 0 Å². The topological polar surface area (TPSA) is 64.0 Å². The molecule has 5 nitrogen and oxygen atoms in total. The summed E-state index contributed by atoms with van der Waals surface area (Å²) in [7, 11) is 1.66. The fraction of sp³-hybridized carbons (Fsp3) is 0.278. The molecule has 0 aliphatic rings. The summed E-state index contributed by atoms with van der Waals surface area (Å²) in [6.45, 7) is 7.78. The summed E-state index contributed by atoms with van der Waals surface area (Å²) in [4.78, 5) is 30.4. The van der Waals surface area contributed by atoms with Gasteiger partial charge in [-0.2, -0.15) is 0 Å². The molecule has 0 saturated carbocycles. The molecule has 124 valence electrons. The number of fused-ring (bicyclic) bond motifs is 1. The fourth-order valence-corrected chi connectivity index (χ4v) is 4.01. The normalized spacial score (nSPS) is 11.0. The summed E-state index contributed by atoms with van der Waals surface area (Å²) < 4.78 is 1.43. The van der Waals surface area contributed by atoms with Crippen LogP contribution in [-0.2, 0) is 7.05 Å². The molecule has 0 unspecified atom stereocenters. The lowest BCUT2D eigenvalue weighted by molar-refractivity contribution is 0.103. The van der Waals surface area contributed by atoms with Gasteiger partial charge < -0.3 is 9.88 Å². The number of aryl methyl sites for hydroxylation is 5. The summed E-state index contributed by atoms with van der Waals surface area (Å²) in [5.41, 5.74) is 4.58. The minimum Gasteiger partial charge on any atom is -0.321 e. The Kier molecular flexibility index (Phi) is 4.01. The Bertz CT molecular complexity index is 1010. The molecule has 0 aliphatic carbocycles. The third-order valence-corrected chi connectivity index (χ3v) is 5.33. The lowest BCUT2D eigenvalue weighted by Crippen LogP contribution is -2.17. The van der Waals surface area contributed by atoms with Gasteiger partial charge in [-0.25, -0.2) is 4.98 Å². The van der Waals surface area contributed by atoms with Crippen molar-refractivity contribution < 1.29 is 4.79 Å². The molecule has 2 aromatic heterocycles. The fourth-order valence-electron chi connectivity index (χ4n) is 2.97. The summed E-state index contributed by atoms with van der Waals surface area (Å²) in [5.74, 6) is -0.201. The van der Waals surface area contributed by atoms with Gasteiger partial charge >= 0.3 is 0 Å². The monoisotopic (exact) mass is 341 g/mol. The van der Waals surface area contributed by atoms with E-state index in [0.717, 1.165) is 22.4 Å². The van der Waals surface area contributed by atoms with E-state index in [0.29, 0.717) is 20.7 Å². The molecule has 0 bridgehead atoms. The van der Waals surface area contributed by atoms with Crippen molar-refractivity contribution in [1.29, 1.82) is 0 Å². The van der Waals surface area contributed by atoms with Crippen molar-refractivity contribution in [2.75, 3.05) is 5.32 Å². The predicted octanol–water partition coefficient (Wildman–Crippen LogP) is 3.48. The number of aromatic nitrogens is 2. The van der Waals surface area contributed by atoms with Crippen molar-refractivity contribution in [1.82, 2.24) is 9.55 Å². The number of amides is 1. The lowest BCUT2D eigenvalue weighted by Gasteiger charge is -2.12. The Hall–Kier alpha value is -2.47. The first-order valence-corrected chi connectivity index (χ1v) is 8.45. The first-order valence-electron chi connectivity index (χ1n) is 7.63. The van der Waals surface area contributed by atoms with E-state index < -0.39 is 0 Å². The van der Waals surface area contributed by atoms with Crippen molar-refractivity contribution >= 4 is 33.1 Å². The van der Waals surface area contributed by atoms with Crippen LogP contribution in [0.15, 0.2) is 23.3 Å². The van der Waals surface area contributed by atoms with Crippen LogP contribution >= 0.6 is 11.3 Å². The second-order valence-corrected chi connectivity index (χ2v) is 7.12. The zero-order chi connectivity index (χ0) is 17.6. The van der Waals surface area contributed by atoms with Crippen LogP contribution in [-0.4, -0.2) is 15.5 Å². The number of nitrogens with zero attached hydrogens (tertiary/aromatic N) is 2. The first-order chi connectivity index (χ1) is 11.3. The van der Waals surface area contributed by atoms with Gasteiger partial charge in [-0.05, 0) is 44.4 Å². The highest BCUT2D eigenvalue weighted by atomic mass is 32.1. The molecule has 0 saturated heterocycles. The Morgan fingerprint density at radius 3 is 2.42 bits per heavy atom. The number of hydrogen-bond donors (Lipinski definition) is 1. The Morgan fingerprint density at radius 1 is 1.17 bits per heavy atom. The molecular weight excluding hydrogens is 322 g/mol. The highest BCUT2D eigenvalue weighted by Gasteiger charge is 2.20. The average molecular weight is 341 g/mol. The van der Waals surface area contributed by atoms with Crippen LogP contribution in [0.3, 0.4) is 0 Å². The van der Waals surface area contributed by atoms with Gasteiger partial charge in [-0.15, -0.1) is 11.3 Å². The maximum atomic E-state index is 12.8. The van der Waals surface area contributed by atoms with Crippen molar-refractivity contribution in [3.63, 3.8) is 0 Å². The van der Waals surface area contributed by atoms with Crippen LogP contribution < -0.4 is 10.9 Å². The Morgan fingerprint density at radius 2 is 1.79 bits per heavy atom. The van der Waals surface area contributed by atoms with Gasteiger partial charge in [0.25, 0.3) is 11.5 Å². The predicted molar refractivity (Wildman–Crippen MR) is 98.2 cm³/mol. The average Bonchev–Trinajstić information content (AvgIpc) is 2.84. The van der Waals surface area contributed by atoms with Crippen molar-refractivity contribution in [3.8, 4) is 0 Å². The van der Waals surface area contributed by atoms with E-state index in [1.807, 2.05) is 32.9 Å². The molecule has 0 fully saturated rings. The van der Waals surface area contributed by atoms with Gasteiger partial charge in [0.2, 0.25) is 0 Å². The Labute approximate surface area is 144 Å². The summed E-state index contributed by atoms with van der Waals surface area (Å²) in [6, 6.07) is 4.08. The van der Waals surface area contributed by atoms with Crippen molar-refractivity contribution in [2.24, 2.45) is 7.05 Å². The van der Waals surface area contributed by atoms with Gasteiger partial charge in [-0.3, -0.25) is 9.59 Å². The number of thiophene rings is 1. The molecule has 2 heterocycles. The number of nitrogens with one attached hydrogen (secondary N) is 1. The van der Waals surface area contributed by atoms with E-state index in [9.17, 15) is 9.59 Å². The molecule has 3 rings (SSSR count). The molecule has 1 amide bonds. The maximum absolute atomic E-state index is 12.8. The van der Waals surface area contributed by atoms with E-state index in [1.54, 1.807) is 14.0 Å². The molecule has 0 atom stereocenters. The number of carbonyl (C=O) groups is 1. The smallest absolute Gasteiger partial charge is 0.266 e. The molecule has 0 spiro atoms. The standard InChI is InChI=1S/C18H19N3O2S/c1-9-6-10(2)14(11(3)7-9)20-16(22)15-12(4)13-17(24-15)19-8-21(5)18(13)23/h6-8H,1-5H3,(H,20,22). The van der Waals surface area contributed by atoms with Crippen LogP contribution in [0.5, 0.6) is 0 Å². The number of rotatable bonds is 2. The molecule has 0 aliphatic heterocycles. The molecule has 24 heavy (non-hydrogen) atoms. The zero-order valence-electron chi connectivity index (χ0n) is 14.4. The van der Waals surface area contributed by atoms with E-state index in [-0.39, 0.29) is 11.5 Å². The minimum atomic E-state index is -0.201. The third kappa shape index (κ3) is 2.63. The van der Waals surface area contributed by atoms with Gasteiger partial charge in [0.1, 0.15) is 4.83 Å². The summed E-state index contributed by atoms with van der Waals surface area (Å²) in [6.07, 6.45) is 1.48. The largest absolute Gasteiger partial charge is 0.321 e. The second kappa shape index (κ2) is 5.87. The summed E-state index contributed by atoms with van der Waals surface area (Å²) >= 11 is 1.25. The summed E-state index contributed by atoms with van der Waals surface area (Å²) in [5, 5.41) is 3.51. The van der Waals surface area contributed by atoms with Crippen LogP contribution in [0, 0.1) is 27.7 Å². The highest BCUT2D eigenvalue weighted by Crippen LogP contribution is 2.29. The van der Waals surface area contributed by atoms with Crippen molar-refractivity contribution in [2.45, 2.75) is 27.7 Å². The molecule has 1 aromatic carbocycles. The maximum Gasteiger partial charge on any atom is 0.266 e. The molecule has 1 N–H and O–H groups in total. The van der Waals surface area contributed by atoms with Crippen LogP contribution in [0.2, 0.25) is 0 Å². The van der Waals surface area contributed by atoms with E-state index in [1.165, 1.54) is 22.2 Å². The van der Waals surface area contributed by atoms with Crippen molar-refractivity contribution in [3.05, 3.63) is 55.9 Å². The first kappa shape index (κ1) is 16.4. The number of benzene rings is 1. The third-order valence-electron chi connectivity index (χ3n) is 4.13. The lowest BCUT2D eigenvalue weighted by atomic mass is 10.0. The second-order valence-electron chi connectivity index (χ2n) is 6.12. The van der Waals surface area contributed by atoms with E-state index in [2.05, 4.69) is 10.3 Å². The molecular formula is C18H19N3O2S. The molecule has 3 aromatic rings. The van der Waals surface area contributed by atoms with Gasteiger partial charge in [0.15, 0.2) is 0 Å². The molecule has 0 radical (unpaired) electrons. The number of carbonyl (C=O) groups excluding carboxylic acids is 1. The Balaban J connectivity index is 2.06. The number of hydrogen-bond acceptors (Lipinski definition) is 4. The zero-order valence-corrected chi connectivity index (χ0v) is 15.2.